The zero-order valence-corrected chi connectivity index (χ0v) is 14.6. The second kappa shape index (κ2) is 5.72. The molecule has 0 saturated carbocycles. The third kappa shape index (κ3) is 2.41. The molecule has 2 aromatic heterocycles. The first-order valence-electron chi connectivity index (χ1n) is 8.25. The van der Waals surface area contributed by atoms with Crippen molar-refractivity contribution in [2.75, 3.05) is 24.5 Å². The highest BCUT2D eigenvalue weighted by atomic mass is 35.5. The molecule has 3 aromatic rings. The van der Waals surface area contributed by atoms with E-state index in [1.54, 1.807) is 17.5 Å². The molecular formula is C17H17ClN4OS. The minimum absolute atomic E-state index is 0.529. The smallest absolute Gasteiger partial charge is 0.298 e. The van der Waals surface area contributed by atoms with Crippen molar-refractivity contribution in [1.29, 1.82) is 0 Å². The van der Waals surface area contributed by atoms with Crippen molar-refractivity contribution >= 4 is 40.1 Å². The van der Waals surface area contributed by atoms with E-state index in [4.69, 9.17) is 21.0 Å². The van der Waals surface area contributed by atoms with E-state index in [9.17, 15) is 0 Å². The summed E-state index contributed by atoms with van der Waals surface area (Å²) in [5, 5.41) is 7.10. The lowest BCUT2D eigenvalue weighted by Gasteiger charge is -2.23. The number of thiazole rings is 1. The van der Waals surface area contributed by atoms with E-state index in [0.29, 0.717) is 17.1 Å². The minimum atomic E-state index is 0.529. The average molecular weight is 361 g/mol. The fourth-order valence-corrected chi connectivity index (χ4v) is 4.61. The number of fused-ring (bicyclic) bond motifs is 3. The third-order valence-corrected chi connectivity index (χ3v) is 6.09. The number of nitrogens with zero attached hydrogens (tertiary/aromatic N) is 3. The molecule has 2 atom stereocenters. The van der Waals surface area contributed by atoms with Crippen molar-refractivity contribution in [2.24, 2.45) is 5.92 Å². The molecule has 2 aliphatic heterocycles. The number of aromatic nitrogens is 2. The quantitative estimate of drug-likeness (QED) is 0.753. The van der Waals surface area contributed by atoms with Gasteiger partial charge in [-0.2, -0.15) is 4.98 Å². The summed E-state index contributed by atoms with van der Waals surface area (Å²) >= 11 is 7.96. The summed E-state index contributed by atoms with van der Waals surface area (Å²) in [6.45, 7) is 3.07. The van der Waals surface area contributed by atoms with Crippen molar-refractivity contribution in [3.05, 3.63) is 28.7 Å². The number of oxazole rings is 1. The molecule has 5 rings (SSSR count). The van der Waals surface area contributed by atoms with Crippen LogP contribution in [0.15, 0.2) is 28.1 Å². The van der Waals surface area contributed by atoms with Crippen LogP contribution in [-0.4, -0.2) is 35.6 Å². The van der Waals surface area contributed by atoms with Crippen molar-refractivity contribution < 1.29 is 4.42 Å². The highest BCUT2D eigenvalue weighted by Gasteiger charge is 2.31. The molecule has 7 heteroatoms. The van der Waals surface area contributed by atoms with Crippen LogP contribution in [0.4, 0.5) is 6.01 Å². The predicted molar refractivity (Wildman–Crippen MR) is 96.9 cm³/mol. The van der Waals surface area contributed by atoms with Gasteiger partial charge in [-0.25, -0.2) is 4.98 Å². The lowest BCUT2D eigenvalue weighted by atomic mass is 10.0. The van der Waals surface area contributed by atoms with E-state index in [2.05, 4.69) is 15.2 Å². The largest absolute Gasteiger partial charge is 0.423 e. The zero-order valence-electron chi connectivity index (χ0n) is 13.0. The van der Waals surface area contributed by atoms with Gasteiger partial charge in [-0.05, 0) is 37.4 Å². The van der Waals surface area contributed by atoms with Crippen LogP contribution < -0.4 is 10.2 Å². The molecule has 2 saturated heterocycles. The van der Waals surface area contributed by atoms with Gasteiger partial charge in [0, 0.05) is 30.7 Å². The summed E-state index contributed by atoms with van der Waals surface area (Å²) < 4.78 is 6.18. The normalized spacial score (nSPS) is 23.8. The second-order valence-electron chi connectivity index (χ2n) is 6.55. The molecule has 1 N–H and O–H groups in total. The lowest BCUT2D eigenvalue weighted by molar-refractivity contribution is 0.507. The number of halogens is 1. The Bertz CT molecular complexity index is 878. The first-order valence-corrected chi connectivity index (χ1v) is 9.51. The van der Waals surface area contributed by atoms with E-state index >= 15 is 0 Å². The van der Waals surface area contributed by atoms with Crippen LogP contribution in [0.3, 0.4) is 0 Å². The third-order valence-electron chi connectivity index (χ3n) is 4.98. The van der Waals surface area contributed by atoms with Gasteiger partial charge in [0.1, 0.15) is 10.5 Å². The Morgan fingerprint density at radius 2 is 2.33 bits per heavy atom. The van der Waals surface area contributed by atoms with E-state index in [1.807, 2.05) is 17.5 Å². The molecule has 124 valence electrons. The Labute approximate surface area is 148 Å². The molecule has 2 fully saturated rings. The monoisotopic (exact) mass is 360 g/mol. The number of hydrogen-bond acceptors (Lipinski definition) is 6. The Balaban J connectivity index is 1.58. The SMILES string of the molecule is Clc1ccc(-c2nccs2)c2oc(N3CCC4CNC(C4)C3)nc12. The first kappa shape index (κ1) is 14.7. The molecule has 4 heterocycles. The summed E-state index contributed by atoms with van der Waals surface area (Å²) in [5.41, 5.74) is 2.41. The molecule has 0 spiro atoms. The maximum Gasteiger partial charge on any atom is 0.298 e. The van der Waals surface area contributed by atoms with Gasteiger partial charge in [-0.15, -0.1) is 11.3 Å². The van der Waals surface area contributed by atoms with E-state index in [1.165, 1.54) is 12.8 Å². The maximum absolute atomic E-state index is 6.37. The van der Waals surface area contributed by atoms with Gasteiger partial charge in [0.15, 0.2) is 5.58 Å². The number of benzene rings is 1. The molecule has 0 aliphatic carbocycles. The van der Waals surface area contributed by atoms with Gasteiger partial charge < -0.3 is 14.6 Å². The molecule has 0 amide bonds. The van der Waals surface area contributed by atoms with Crippen LogP contribution in [-0.2, 0) is 0 Å². The Kier molecular flexibility index (Phi) is 3.50. The van der Waals surface area contributed by atoms with Crippen molar-refractivity contribution in [2.45, 2.75) is 18.9 Å². The van der Waals surface area contributed by atoms with Gasteiger partial charge in [0.2, 0.25) is 0 Å². The Hall–Kier alpha value is -1.63. The molecule has 2 unspecified atom stereocenters. The lowest BCUT2D eigenvalue weighted by Crippen LogP contribution is -2.38. The fraction of sp³-hybridized carbons (Fsp3) is 0.412. The number of anilines is 1. The molecule has 24 heavy (non-hydrogen) atoms. The van der Waals surface area contributed by atoms with Gasteiger partial charge in [-0.3, -0.25) is 0 Å². The van der Waals surface area contributed by atoms with Gasteiger partial charge >= 0.3 is 0 Å². The first-order chi connectivity index (χ1) is 11.8. The number of rotatable bonds is 2. The number of hydrogen-bond donors (Lipinski definition) is 1. The van der Waals surface area contributed by atoms with Crippen molar-refractivity contribution in [3.8, 4) is 10.6 Å². The minimum Gasteiger partial charge on any atom is -0.423 e. The van der Waals surface area contributed by atoms with Gasteiger partial charge in [0.25, 0.3) is 6.01 Å². The van der Waals surface area contributed by atoms with Crippen LogP contribution in [0.2, 0.25) is 5.02 Å². The van der Waals surface area contributed by atoms with Crippen LogP contribution >= 0.6 is 22.9 Å². The summed E-state index contributed by atoms with van der Waals surface area (Å²) in [7, 11) is 0. The predicted octanol–water partition coefficient (Wildman–Crippen LogP) is 3.79. The zero-order chi connectivity index (χ0) is 16.1. The number of nitrogens with one attached hydrogen (secondary N) is 1. The van der Waals surface area contributed by atoms with E-state index < -0.39 is 0 Å². The molecule has 0 radical (unpaired) electrons. The summed E-state index contributed by atoms with van der Waals surface area (Å²) in [6, 6.07) is 5.04. The van der Waals surface area contributed by atoms with Crippen LogP contribution in [0.5, 0.6) is 0 Å². The Morgan fingerprint density at radius 1 is 1.38 bits per heavy atom. The van der Waals surface area contributed by atoms with Crippen molar-refractivity contribution in [3.63, 3.8) is 0 Å². The summed E-state index contributed by atoms with van der Waals surface area (Å²) in [5.74, 6) is 0.777. The van der Waals surface area contributed by atoms with Gasteiger partial charge in [0.05, 0.1) is 10.6 Å². The molecule has 5 nitrogen and oxygen atoms in total. The van der Waals surface area contributed by atoms with E-state index in [-0.39, 0.29) is 0 Å². The van der Waals surface area contributed by atoms with Crippen molar-refractivity contribution in [1.82, 2.24) is 15.3 Å². The highest BCUT2D eigenvalue weighted by molar-refractivity contribution is 7.13. The highest BCUT2D eigenvalue weighted by Crippen LogP contribution is 2.37. The topological polar surface area (TPSA) is 54.2 Å². The fourth-order valence-electron chi connectivity index (χ4n) is 3.76. The molecule has 2 bridgehead atoms. The Morgan fingerprint density at radius 3 is 3.21 bits per heavy atom. The van der Waals surface area contributed by atoms with Gasteiger partial charge in [-0.1, -0.05) is 11.6 Å². The molecule has 2 aliphatic rings. The van der Waals surface area contributed by atoms with Crippen LogP contribution in [0, 0.1) is 5.92 Å². The second-order valence-corrected chi connectivity index (χ2v) is 7.85. The van der Waals surface area contributed by atoms with E-state index in [0.717, 1.165) is 47.2 Å². The average Bonchev–Trinajstić information content (AvgIpc) is 3.28. The summed E-state index contributed by atoms with van der Waals surface area (Å²) in [6.07, 6.45) is 4.23. The van der Waals surface area contributed by atoms with Crippen LogP contribution in [0.1, 0.15) is 12.8 Å². The maximum atomic E-state index is 6.37. The van der Waals surface area contributed by atoms with Crippen LogP contribution in [0.25, 0.3) is 21.7 Å². The molecule has 1 aromatic carbocycles. The molecular weight excluding hydrogens is 344 g/mol. The summed E-state index contributed by atoms with van der Waals surface area (Å²) in [4.78, 5) is 11.4. The standard InChI is InChI=1S/C17H17ClN4OS/c18-13-2-1-12(16-19-4-6-24-16)15-14(13)21-17(23-15)22-5-3-10-7-11(9-22)20-8-10/h1-2,4,6,10-11,20H,3,5,7-9H2.